The standard InChI is InChI=1S/C14H17N3OS2/c1-9(2)18-13-12(16)11(8-15)20-14(13)17-6-5-10-4-3-7-19-10/h3-4,7,9,17H,5-6,16H2,1-2H3. The van der Waals surface area contributed by atoms with Crippen LogP contribution in [0, 0.1) is 11.3 Å². The Hall–Kier alpha value is -1.71. The highest BCUT2D eigenvalue weighted by molar-refractivity contribution is 7.17. The Morgan fingerprint density at radius 3 is 2.90 bits per heavy atom. The maximum Gasteiger partial charge on any atom is 0.178 e. The van der Waals surface area contributed by atoms with Gasteiger partial charge in [0.1, 0.15) is 21.6 Å². The van der Waals surface area contributed by atoms with E-state index in [9.17, 15) is 0 Å². The molecule has 106 valence electrons. The quantitative estimate of drug-likeness (QED) is 0.853. The molecule has 0 aliphatic heterocycles. The highest BCUT2D eigenvalue weighted by Gasteiger charge is 2.18. The van der Waals surface area contributed by atoms with Crippen LogP contribution >= 0.6 is 22.7 Å². The number of hydrogen-bond acceptors (Lipinski definition) is 6. The summed E-state index contributed by atoms with van der Waals surface area (Å²) in [6.45, 7) is 4.68. The molecule has 0 radical (unpaired) electrons. The minimum atomic E-state index is 0.0243. The van der Waals surface area contributed by atoms with Crippen molar-refractivity contribution in [2.45, 2.75) is 26.4 Å². The van der Waals surface area contributed by atoms with Crippen molar-refractivity contribution in [2.24, 2.45) is 0 Å². The molecule has 2 heterocycles. The van der Waals surface area contributed by atoms with Crippen molar-refractivity contribution in [1.29, 1.82) is 5.26 Å². The van der Waals surface area contributed by atoms with Crippen molar-refractivity contribution in [3.05, 3.63) is 27.3 Å². The van der Waals surface area contributed by atoms with Gasteiger partial charge in [-0.25, -0.2) is 0 Å². The van der Waals surface area contributed by atoms with Gasteiger partial charge in [-0.2, -0.15) is 5.26 Å². The van der Waals surface area contributed by atoms with E-state index < -0.39 is 0 Å². The molecule has 2 rings (SSSR count). The highest BCUT2D eigenvalue weighted by Crippen LogP contribution is 2.42. The zero-order valence-electron chi connectivity index (χ0n) is 11.5. The summed E-state index contributed by atoms with van der Waals surface area (Å²) in [7, 11) is 0. The first-order valence-electron chi connectivity index (χ1n) is 6.37. The summed E-state index contributed by atoms with van der Waals surface area (Å²) >= 11 is 3.09. The van der Waals surface area contributed by atoms with Gasteiger partial charge in [0.05, 0.1) is 6.10 Å². The van der Waals surface area contributed by atoms with E-state index in [0.29, 0.717) is 16.3 Å². The second-order valence-corrected chi connectivity index (χ2v) is 6.59. The van der Waals surface area contributed by atoms with E-state index in [0.717, 1.165) is 18.0 Å². The summed E-state index contributed by atoms with van der Waals surface area (Å²) < 4.78 is 5.72. The van der Waals surface area contributed by atoms with Gasteiger partial charge in [0, 0.05) is 11.4 Å². The lowest BCUT2D eigenvalue weighted by atomic mass is 10.3. The smallest absolute Gasteiger partial charge is 0.178 e. The molecule has 20 heavy (non-hydrogen) atoms. The Balaban J connectivity index is 2.07. The van der Waals surface area contributed by atoms with Crippen LogP contribution in [0.1, 0.15) is 23.6 Å². The van der Waals surface area contributed by atoms with Crippen LogP contribution in [0.3, 0.4) is 0 Å². The van der Waals surface area contributed by atoms with E-state index >= 15 is 0 Å². The Morgan fingerprint density at radius 1 is 1.50 bits per heavy atom. The van der Waals surface area contributed by atoms with Gasteiger partial charge in [0.25, 0.3) is 0 Å². The summed E-state index contributed by atoms with van der Waals surface area (Å²) in [4.78, 5) is 1.83. The Morgan fingerprint density at radius 2 is 2.30 bits per heavy atom. The minimum absolute atomic E-state index is 0.0243. The molecule has 0 unspecified atom stereocenters. The van der Waals surface area contributed by atoms with Crippen molar-refractivity contribution in [3.63, 3.8) is 0 Å². The third-order valence-corrected chi connectivity index (χ3v) is 4.58. The van der Waals surface area contributed by atoms with E-state index in [1.165, 1.54) is 16.2 Å². The summed E-state index contributed by atoms with van der Waals surface area (Å²) in [5.41, 5.74) is 6.39. The van der Waals surface area contributed by atoms with E-state index in [1.54, 1.807) is 11.3 Å². The number of hydrogen-bond donors (Lipinski definition) is 2. The van der Waals surface area contributed by atoms with Crippen LogP contribution in [0.5, 0.6) is 5.75 Å². The van der Waals surface area contributed by atoms with Crippen LogP contribution in [0.2, 0.25) is 0 Å². The molecule has 0 fully saturated rings. The zero-order valence-corrected chi connectivity index (χ0v) is 13.1. The van der Waals surface area contributed by atoms with Gasteiger partial charge < -0.3 is 15.8 Å². The molecule has 0 aliphatic carbocycles. The van der Waals surface area contributed by atoms with Crippen LogP contribution in [-0.4, -0.2) is 12.6 Å². The fourth-order valence-electron chi connectivity index (χ4n) is 1.73. The number of nitrogens with zero attached hydrogens (tertiary/aromatic N) is 1. The number of nitriles is 1. The van der Waals surface area contributed by atoms with E-state index in [-0.39, 0.29) is 6.10 Å². The molecule has 0 aliphatic rings. The largest absolute Gasteiger partial charge is 0.486 e. The Labute approximate surface area is 126 Å². The van der Waals surface area contributed by atoms with Gasteiger partial charge in [-0.3, -0.25) is 0 Å². The molecule has 0 aromatic carbocycles. The van der Waals surface area contributed by atoms with E-state index in [1.807, 2.05) is 19.9 Å². The van der Waals surface area contributed by atoms with Crippen LogP contribution in [0.4, 0.5) is 10.7 Å². The molecule has 0 saturated heterocycles. The second-order valence-electron chi connectivity index (χ2n) is 4.54. The zero-order chi connectivity index (χ0) is 14.5. The number of thiophene rings is 2. The third kappa shape index (κ3) is 3.44. The molecule has 0 atom stereocenters. The SMILES string of the molecule is CC(C)Oc1c(NCCc2cccs2)sc(C#N)c1N. The first kappa shape index (κ1) is 14.7. The lowest BCUT2D eigenvalue weighted by Gasteiger charge is -2.12. The van der Waals surface area contributed by atoms with Gasteiger partial charge >= 0.3 is 0 Å². The topological polar surface area (TPSA) is 71.1 Å². The second kappa shape index (κ2) is 6.64. The Kier molecular flexibility index (Phi) is 4.88. The first-order valence-corrected chi connectivity index (χ1v) is 8.06. The highest BCUT2D eigenvalue weighted by atomic mass is 32.1. The molecule has 2 aromatic rings. The van der Waals surface area contributed by atoms with Gasteiger partial charge in [-0.1, -0.05) is 6.07 Å². The van der Waals surface area contributed by atoms with Crippen LogP contribution in [-0.2, 0) is 6.42 Å². The van der Waals surface area contributed by atoms with Gasteiger partial charge in [0.15, 0.2) is 5.75 Å². The van der Waals surface area contributed by atoms with Crippen molar-refractivity contribution < 1.29 is 4.74 Å². The molecule has 0 spiro atoms. The van der Waals surface area contributed by atoms with Gasteiger partial charge in [-0.15, -0.1) is 22.7 Å². The van der Waals surface area contributed by atoms with Crippen LogP contribution in [0.15, 0.2) is 17.5 Å². The summed E-state index contributed by atoms with van der Waals surface area (Å²) in [5.74, 6) is 0.604. The predicted octanol–water partition coefficient (Wildman–Crippen LogP) is 3.71. The fraction of sp³-hybridized carbons (Fsp3) is 0.357. The molecular weight excluding hydrogens is 290 g/mol. The summed E-state index contributed by atoms with van der Waals surface area (Å²) in [6, 6.07) is 6.27. The fourth-order valence-corrected chi connectivity index (χ4v) is 3.32. The lowest BCUT2D eigenvalue weighted by molar-refractivity contribution is 0.246. The third-order valence-electron chi connectivity index (χ3n) is 2.59. The average molecular weight is 307 g/mol. The monoisotopic (exact) mass is 307 g/mol. The minimum Gasteiger partial charge on any atom is -0.486 e. The number of anilines is 2. The van der Waals surface area contributed by atoms with Gasteiger partial charge in [0.2, 0.25) is 0 Å². The summed E-state index contributed by atoms with van der Waals surface area (Å²) in [6.07, 6.45) is 0.967. The number of nitrogen functional groups attached to an aromatic ring is 1. The van der Waals surface area contributed by atoms with Crippen molar-refractivity contribution in [3.8, 4) is 11.8 Å². The first-order chi connectivity index (χ1) is 9.61. The molecular formula is C14H17N3OS2. The maximum atomic E-state index is 9.06. The molecule has 6 heteroatoms. The Bertz CT molecular complexity index is 597. The molecule has 0 bridgehead atoms. The lowest BCUT2D eigenvalue weighted by Crippen LogP contribution is -2.09. The van der Waals surface area contributed by atoms with Crippen molar-refractivity contribution in [2.75, 3.05) is 17.6 Å². The van der Waals surface area contributed by atoms with E-state index in [2.05, 4.69) is 22.8 Å². The van der Waals surface area contributed by atoms with Crippen molar-refractivity contribution >= 4 is 33.4 Å². The average Bonchev–Trinajstić information content (AvgIpc) is 3.01. The molecule has 4 nitrogen and oxygen atoms in total. The molecule has 0 saturated carbocycles. The molecule has 2 aromatic heterocycles. The van der Waals surface area contributed by atoms with Crippen LogP contribution < -0.4 is 15.8 Å². The number of rotatable bonds is 6. The summed E-state index contributed by atoms with van der Waals surface area (Å²) in [5, 5.41) is 15.3. The van der Waals surface area contributed by atoms with Crippen LogP contribution in [0.25, 0.3) is 0 Å². The normalized spacial score (nSPS) is 10.5. The number of ether oxygens (including phenoxy) is 1. The van der Waals surface area contributed by atoms with Gasteiger partial charge in [-0.05, 0) is 31.7 Å². The predicted molar refractivity (Wildman–Crippen MR) is 85.7 cm³/mol. The van der Waals surface area contributed by atoms with E-state index in [4.69, 9.17) is 15.7 Å². The number of nitrogens with two attached hydrogens (primary N) is 1. The number of nitrogens with one attached hydrogen (secondary N) is 1. The molecule has 0 amide bonds. The maximum absolute atomic E-state index is 9.06. The van der Waals surface area contributed by atoms with Crippen molar-refractivity contribution in [1.82, 2.24) is 0 Å². The molecule has 3 N–H and O–H groups in total.